The molecule has 0 saturated heterocycles. The number of rotatable bonds is 3. The number of hydrogen-bond acceptors (Lipinski definition) is 3. The fourth-order valence-electron chi connectivity index (χ4n) is 1.05. The van der Waals surface area contributed by atoms with Crippen molar-refractivity contribution in [2.24, 2.45) is 5.84 Å². The van der Waals surface area contributed by atoms with Crippen LogP contribution in [0, 0.1) is 0 Å². The third-order valence-electron chi connectivity index (χ3n) is 1.70. The largest absolute Gasteiger partial charge is 0.478 e. The van der Waals surface area contributed by atoms with Gasteiger partial charge in [-0.3, -0.25) is 5.01 Å². The van der Waals surface area contributed by atoms with E-state index < -0.39 is 5.97 Å². The van der Waals surface area contributed by atoms with Crippen LogP contribution < -0.4 is 10.9 Å². The number of allylic oxidation sites excluding steroid dienone is 1. The Hall–Kier alpha value is -1.81. The van der Waals surface area contributed by atoms with Crippen molar-refractivity contribution in [3.63, 3.8) is 0 Å². The fraction of sp³-hybridized carbons (Fsp3) is 0.100. The second-order valence-corrected chi connectivity index (χ2v) is 2.75. The summed E-state index contributed by atoms with van der Waals surface area (Å²) in [6.07, 6.45) is 3.43. The summed E-state index contributed by atoms with van der Waals surface area (Å²) in [5, 5.41) is 10.1. The van der Waals surface area contributed by atoms with Gasteiger partial charge in [0.15, 0.2) is 0 Å². The quantitative estimate of drug-likeness (QED) is 0.564. The van der Waals surface area contributed by atoms with Crippen molar-refractivity contribution in [1.82, 2.24) is 0 Å². The van der Waals surface area contributed by atoms with Crippen molar-refractivity contribution >= 4 is 11.7 Å². The van der Waals surface area contributed by atoms with Crippen molar-refractivity contribution in [1.29, 1.82) is 0 Å². The molecule has 0 bridgehead atoms. The number of benzene rings is 1. The minimum atomic E-state index is -0.958. The van der Waals surface area contributed by atoms with E-state index in [2.05, 4.69) is 0 Å². The van der Waals surface area contributed by atoms with Crippen molar-refractivity contribution in [2.75, 3.05) is 5.01 Å². The number of carbonyl (C=O) groups is 1. The van der Waals surface area contributed by atoms with Gasteiger partial charge in [0, 0.05) is 6.20 Å². The summed E-state index contributed by atoms with van der Waals surface area (Å²) in [5.74, 6) is 4.67. The standard InChI is InChI=1S/C10H12N2O2/c1-2-6-12(11)9-5-3-4-8(7-9)10(13)14/h2-7H,11H2,1H3,(H,13,14)/b6-2-. The first-order valence-electron chi connectivity index (χ1n) is 4.15. The van der Waals surface area contributed by atoms with E-state index >= 15 is 0 Å². The highest BCUT2D eigenvalue weighted by Gasteiger charge is 2.04. The highest BCUT2D eigenvalue weighted by atomic mass is 16.4. The molecule has 4 heteroatoms. The van der Waals surface area contributed by atoms with Crippen molar-refractivity contribution in [2.45, 2.75) is 6.92 Å². The lowest BCUT2D eigenvalue weighted by molar-refractivity contribution is 0.0697. The highest BCUT2D eigenvalue weighted by Crippen LogP contribution is 2.13. The smallest absolute Gasteiger partial charge is 0.335 e. The maximum absolute atomic E-state index is 10.7. The van der Waals surface area contributed by atoms with Crippen LogP contribution in [0.15, 0.2) is 36.5 Å². The zero-order chi connectivity index (χ0) is 10.6. The number of carboxylic acid groups (broad SMARTS) is 1. The maximum atomic E-state index is 10.7. The van der Waals surface area contributed by atoms with Crippen molar-refractivity contribution in [3.05, 3.63) is 42.1 Å². The average molecular weight is 192 g/mol. The van der Waals surface area contributed by atoms with Gasteiger partial charge in [0.2, 0.25) is 0 Å². The second-order valence-electron chi connectivity index (χ2n) is 2.75. The summed E-state index contributed by atoms with van der Waals surface area (Å²) < 4.78 is 0. The topological polar surface area (TPSA) is 66.6 Å². The molecule has 0 aromatic heterocycles. The van der Waals surface area contributed by atoms with E-state index in [0.29, 0.717) is 5.69 Å². The first-order valence-corrected chi connectivity index (χ1v) is 4.15. The molecular weight excluding hydrogens is 180 g/mol. The lowest BCUT2D eigenvalue weighted by Gasteiger charge is -2.13. The molecule has 0 radical (unpaired) electrons. The summed E-state index contributed by atoms with van der Waals surface area (Å²) in [6.45, 7) is 1.83. The molecule has 14 heavy (non-hydrogen) atoms. The number of nitrogens with two attached hydrogens (primary N) is 1. The molecule has 0 amide bonds. The number of hydrazine groups is 1. The summed E-state index contributed by atoms with van der Waals surface area (Å²) in [5.41, 5.74) is 0.866. The Kier molecular flexibility index (Phi) is 3.25. The first-order chi connectivity index (χ1) is 6.65. The molecule has 0 unspecified atom stereocenters. The van der Waals surface area contributed by atoms with Crippen LogP contribution in [0.4, 0.5) is 5.69 Å². The van der Waals surface area contributed by atoms with Crippen molar-refractivity contribution in [3.8, 4) is 0 Å². The van der Waals surface area contributed by atoms with E-state index in [0.717, 1.165) is 0 Å². The molecule has 0 aliphatic rings. The van der Waals surface area contributed by atoms with Gasteiger partial charge in [-0.15, -0.1) is 0 Å². The van der Waals surface area contributed by atoms with Crippen LogP contribution in [0.1, 0.15) is 17.3 Å². The van der Waals surface area contributed by atoms with Crippen LogP contribution in [0.25, 0.3) is 0 Å². The van der Waals surface area contributed by atoms with Crippen LogP contribution >= 0.6 is 0 Å². The Morgan fingerprint density at radius 2 is 2.29 bits per heavy atom. The summed E-state index contributed by atoms with van der Waals surface area (Å²) in [7, 11) is 0. The minimum absolute atomic E-state index is 0.224. The molecule has 1 rings (SSSR count). The molecular formula is C10H12N2O2. The Bertz CT molecular complexity index is 361. The fourth-order valence-corrected chi connectivity index (χ4v) is 1.05. The highest BCUT2D eigenvalue weighted by molar-refractivity contribution is 5.88. The molecule has 0 heterocycles. The van der Waals surface area contributed by atoms with Crippen LogP contribution in [0.2, 0.25) is 0 Å². The van der Waals surface area contributed by atoms with Gasteiger partial charge >= 0.3 is 5.97 Å². The van der Waals surface area contributed by atoms with Crippen molar-refractivity contribution < 1.29 is 9.90 Å². The molecule has 74 valence electrons. The molecule has 1 aromatic carbocycles. The maximum Gasteiger partial charge on any atom is 0.335 e. The van der Waals surface area contributed by atoms with Gasteiger partial charge in [-0.25, -0.2) is 10.6 Å². The minimum Gasteiger partial charge on any atom is -0.478 e. The van der Waals surface area contributed by atoms with Gasteiger partial charge in [-0.1, -0.05) is 12.1 Å². The number of hydrogen-bond donors (Lipinski definition) is 2. The van der Waals surface area contributed by atoms with Crippen LogP contribution in [-0.2, 0) is 0 Å². The molecule has 4 nitrogen and oxygen atoms in total. The monoisotopic (exact) mass is 192 g/mol. The second kappa shape index (κ2) is 4.43. The van der Waals surface area contributed by atoms with Crippen LogP contribution in [-0.4, -0.2) is 11.1 Å². The lowest BCUT2D eigenvalue weighted by atomic mass is 10.2. The molecule has 1 aromatic rings. The van der Waals surface area contributed by atoms with Gasteiger partial charge in [0.1, 0.15) is 0 Å². The molecule has 0 fully saturated rings. The van der Waals surface area contributed by atoms with E-state index in [1.165, 1.54) is 17.1 Å². The Balaban J connectivity index is 2.99. The third kappa shape index (κ3) is 2.34. The molecule has 0 saturated carbocycles. The molecule has 0 aliphatic heterocycles. The van der Waals surface area contributed by atoms with Gasteiger partial charge in [0.05, 0.1) is 11.3 Å². The molecule has 3 N–H and O–H groups in total. The zero-order valence-electron chi connectivity index (χ0n) is 7.84. The number of carboxylic acids is 1. The van der Waals surface area contributed by atoms with E-state index in [-0.39, 0.29) is 5.56 Å². The third-order valence-corrected chi connectivity index (χ3v) is 1.70. The predicted octanol–water partition coefficient (Wildman–Crippen LogP) is 1.60. The average Bonchev–Trinajstić information content (AvgIpc) is 2.18. The Morgan fingerprint density at radius 3 is 2.86 bits per heavy atom. The van der Waals surface area contributed by atoms with Crippen LogP contribution in [0.5, 0.6) is 0 Å². The molecule has 0 atom stereocenters. The van der Waals surface area contributed by atoms with E-state index in [1.807, 2.05) is 6.92 Å². The predicted molar refractivity (Wildman–Crippen MR) is 54.9 cm³/mol. The Labute approximate surface area is 82.2 Å². The molecule has 0 spiro atoms. The summed E-state index contributed by atoms with van der Waals surface area (Å²) in [4.78, 5) is 10.7. The first kappa shape index (κ1) is 10.3. The van der Waals surface area contributed by atoms with E-state index in [9.17, 15) is 4.79 Å². The summed E-state index contributed by atoms with van der Waals surface area (Å²) in [6, 6.07) is 6.44. The van der Waals surface area contributed by atoms with Gasteiger partial charge in [-0.2, -0.15) is 0 Å². The van der Waals surface area contributed by atoms with Gasteiger partial charge < -0.3 is 5.11 Å². The number of nitrogens with zero attached hydrogens (tertiary/aromatic N) is 1. The SMILES string of the molecule is C/C=C\N(N)c1cccc(C(=O)O)c1. The normalized spacial score (nSPS) is 10.4. The lowest BCUT2D eigenvalue weighted by Crippen LogP contribution is -2.24. The number of anilines is 1. The van der Waals surface area contributed by atoms with E-state index in [1.54, 1.807) is 24.4 Å². The van der Waals surface area contributed by atoms with Crippen LogP contribution in [0.3, 0.4) is 0 Å². The Morgan fingerprint density at radius 1 is 1.57 bits per heavy atom. The molecule has 0 aliphatic carbocycles. The summed E-state index contributed by atoms with van der Waals surface area (Å²) >= 11 is 0. The van der Waals surface area contributed by atoms with Gasteiger partial charge in [0.25, 0.3) is 0 Å². The van der Waals surface area contributed by atoms with E-state index in [4.69, 9.17) is 10.9 Å². The van der Waals surface area contributed by atoms with Gasteiger partial charge in [-0.05, 0) is 25.1 Å². The number of aromatic carboxylic acids is 1. The zero-order valence-corrected chi connectivity index (χ0v) is 7.84.